The fourth-order valence-corrected chi connectivity index (χ4v) is 4.01. The van der Waals surface area contributed by atoms with Gasteiger partial charge in [-0.15, -0.1) is 0 Å². The molecule has 22 heavy (non-hydrogen) atoms. The number of aromatic carboxylic acids is 1. The number of nitrogens with zero attached hydrogens (tertiary/aromatic N) is 1. The number of aromatic nitrogens is 1. The molecule has 0 saturated heterocycles. The molecule has 0 aromatic carbocycles. The Morgan fingerprint density at radius 3 is 2.82 bits per heavy atom. The number of carboxylic acid groups (broad SMARTS) is 1. The molecule has 2 unspecified atom stereocenters. The highest BCUT2D eigenvalue weighted by atomic mass is 32.2. The van der Waals surface area contributed by atoms with Crippen LogP contribution in [0.15, 0.2) is 12.1 Å². The Hall–Kier alpha value is -1.56. The zero-order valence-corrected chi connectivity index (χ0v) is 13.8. The van der Waals surface area contributed by atoms with Crippen LogP contribution >= 0.6 is 11.8 Å². The highest BCUT2D eigenvalue weighted by molar-refractivity contribution is 7.99. The van der Waals surface area contributed by atoms with Gasteiger partial charge >= 0.3 is 5.97 Å². The number of carboxylic acids is 1. The van der Waals surface area contributed by atoms with Crippen LogP contribution in [-0.2, 0) is 0 Å². The van der Waals surface area contributed by atoms with Gasteiger partial charge in [0.15, 0.2) is 0 Å². The molecule has 1 amide bonds. The third-order valence-electron chi connectivity index (χ3n) is 3.91. The van der Waals surface area contributed by atoms with Gasteiger partial charge in [-0.25, -0.2) is 9.78 Å². The van der Waals surface area contributed by atoms with E-state index in [9.17, 15) is 9.59 Å². The van der Waals surface area contributed by atoms with E-state index in [4.69, 9.17) is 5.11 Å². The maximum Gasteiger partial charge on any atom is 0.337 e. The van der Waals surface area contributed by atoms with Crippen LogP contribution in [0.1, 0.15) is 59.1 Å². The Morgan fingerprint density at radius 1 is 1.41 bits per heavy atom. The molecular formula is C16H22N2O3S. The monoisotopic (exact) mass is 322 g/mol. The average Bonchev–Trinajstić information content (AvgIpc) is 2.47. The van der Waals surface area contributed by atoms with Gasteiger partial charge in [-0.2, -0.15) is 11.8 Å². The summed E-state index contributed by atoms with van der Waals surface area (Å²) >= 11 is 1.95. The molecule has 6 heteroatoms. The molecule has 5 nitrogen and oxygen atoms in total. The Balaban J connectivity index is 2.00. The van der Waals surface area contributed by atoms with Crippen LogP contribution in [-0.4, -0.2) is 39.0 Å². The second kappa shape index (κ2) is 7.63. The van der Waals surface area contributed by atoms with Crippen LogP contribution in [0.4, 0.5) is 0 Å². The fraction of sp³-hybridized carbons (Fsp3) is 0.562. The van der Waals surface area contributed by atoms with Crippen molar-refractivity contribution in [3.63, 3.8) is 0 Å². The number of nitrogens with one attached hydrogen (secondary N) is 1. The van der Waals surface area contributed by atoms with Crippen molar-refractivity contribution in [2.45, 2.75) is 50.8 Å². The summed E-state index contributed by atoms with van der Waals surface area (Å²) in [5.41, 5.74) is 0.782. The first kappa shape index (κ1) is 16.8. The minimum absolute atomic E-state index is 0.133. The first-order valence-corrected chi connectivity index (χ1v) is 8.69. The Bertz CT molecular complexity index is 560. The van der Waals surface area contributed by atoms with Crippen molar-refractivity contribution in [3.8, 4) is 0 Å². The lowest BCUT2D eigenvalue weighted by molar-refractivity contribution is 0.0694. The van der Waals surface area contributed by atoms with E-state index in [2.05, 4.69) is 17.2 Å². The molecule has 2 N–H and O–H groups in total. The van der Waals surface area contributed by atoms with E-state index < -0.39 is 5.97 Å². The van der Waals surface area contributed by atoms with E-state index in [0.717, 1.165) is 25.0 Å². The largest absolute Gasteiger partial charge is 0.478 e. The first-order chi connectivity index (χ1) is 10.5. The Labute approximate surface area is 134 Å². The summed E-state index contributed by atoms with van der Waals surface area (Å²) in [5.74, 6) is -0.140. The van der Waals surface area contributed by atoms with E-state index in [-0.39, 0.29) is 23.2 Å². The minimum Gasteiger partial charge on any atom is -0.478 e. The van der Waals surface area contributed by atoms with Gasteiger partial charge in [-0.1, -0.05) is 13.3 Å². The number of aryl methyl sites for hydroxylation is 1. The number of pyridine rings is 1. The van der Waals surface area contributed by atoms with Gasteiger partial charge in [0.1, 0.15) is 5.69 Å². The molecule has 0 aliphatic heterocycles. The van der Waals surface area contributed by atoms with Crippen molar-refractivity contribution < 1.29 is 14.7 Å². The van der Waals surface area contributed by atoms with Crippen molar-refractivity contribution in [2.75, 3.05) is 5.75 Å². The molecule has 1 aromatic heterocycles. The van der Waals surface area contributed by atoms with Crippen LogP contribution in [0.2, 0.25) is 0 Å². The standard InChI is InChI=1S/C16H22N2O3S/c1-3-22-12-6-4-5-11(9-12)18-15(19)14-8-7-13(16(20)21)10(2)17-14/h7-8,11-12H,3-6,9H2,1-2H3,(H,18,19)(H,20,21). The van der Waals surface area contributed by atoms with Gasteiger partial charge in [0.2, 0.25) is 0 Å². The van der Waals surface area contributed by atoms with E-state index >= 15 is 0 Å². The van der Waals surface area contributed by atoms with Crippen molar-refractivity contribution >= 4 is 23.6 Å². The summed E-state index contributed by atoms with van der Waals surface area (Å²) in [6, 6.07) is 3.11. The Kier molecular flexibility index (Phi) is 5.83. The third-order valence-corrected chi connectivity index (χ3v) is 5.15. The SMILES string of the molecule is CCSC1CCCC(NC(=O)c2ccc(C(=O)O)c(C)n2)C1. The second-order valence-electron chi connectivity index (χ2n) is 5.55. The van der Waals surface area contributed by atoms with Gasteiger partial charge < -0.3 is 10.4 Å². The summed E-state index contributed by atoms with van der Waals surface area (Å²) in [4.78, 5) is 27.4. The van der Waals surface area contributed by atoms with Gasteiger partial charge in [-0.05, 0) is 44.1 Å². The minimum atomic E-state index is -1.02. The van der Waals surface area contributed by atoms with Crippen LogP contribution in [0.3, 0.4) is 0 Å². The zero-order valence-electron chi connectivity index (χ0n) is 13.0. The second-order valence-corrected chi connectivity index (χ2v) is 7.13. The van der Waals surface area contributed by atoms with Crippen LogP contribution < -0.4 is 5.32 Å². The summed E-state index contributed by atoms with van der Waals surface area (Å²) in [6.07, 6.45) is 4.34. The van der Waals surface area contributed by atoms with Gasteiger partial charge in [-0.3, -0.25) is 4.79 Å². The maximum absolute atomic E-state index is 12.3. The number of carbonyl (C=O) groups is 2. The highest BCUT2D eigenvalue weighted by Gasteiger charge is 2.24. The molecule has 1 fully saturated rings. The molecule has 1 aliphatic carbocycles. The van der Waals surface area contributed by atoms with Crippen LogP contribution in [0.25, 0.3) is 0 Å². The molecule has 0 bridgehead atoms. The summed E-state index contributed by atoms with van der Waals surface area (Å²) < 4.78 is 0. The van der Waals surface area contributed by atoms with Crippen molar-refractivity contribution in [3.05, 3.63) is 29.1 Å². The van der Waals surface area contributed by atoms with E-state index in [1.165, 1.54) is 18.6 Å². The maximum atomic E-state index is 12.3. The number of hydrogen-bond acceptors (Lipinski definition) is 4. The summed E-state index contributed by atoms with van der Waals surface area (Å²) in [5, 5.41) is 12.6. The van der Waals surface area contributed by atoms with Crippen molar-refractivity contribution in [1.82, 2.24) is 10.3 Å². The first-order valence-electron chi connectivity index (χ1n) is 7.64. The normalized spacial score (nSPS) is 21.4. The number of hydrogen-bond donors (Lipinski definition) is 2. The smallest absolute Gasteiger partial charge is 0.337 e. The zero-order chi connectivity index (χ0) is 16.1. The van der Waals surface area contributed by atoms with Gasteiger partial charge in [0, 0.05) is 11.3 Å². The third kappa shape index (κ3) is 4.22. The molecular weight excluding hydrogens is 300 g/mol. The molecule has 1 aliphatic rings. The molecule has 0 radical (unpaired) electrons. The van der Waals surface area contributed by atoms with Crippen LogP contribution in [0, 0.1) is 6.92 Å². The lowest BCUT2D eigenvalue weighted by Crippen LogP contribution is -2.39. The fourth-order valence-electron chi connectivity index (χ4n) is 2.84. The molecule has 1 heterocycles. The number of amides is 1. The number of rotatable bonds is 5. The van der Waals surface area contributed by atoms with E-state index in [1.807, 2.05) is 11.8 Å². The quantitative estimate of drug-likeness (QED) is 0.871. The summed E-state index contributed by atoms with van der Waals surface area (Å²) in [6.45, 7) is 3.76. The van der Waals surface area contributed by atoms with E-state index in [1.54, 1.807) is 6.92 Å². The number of carbonyl (C=O) groups excluding carboxylic acids is 1. The average molecular weight is 322 g/mol. The molecule has 120 valence electrons. The molecule has 1 aromatic rings. The molecule has 2 atom stereocenters. The molecule has 0 spiro atoms. The predicted molar refractivity (Wildman–Crippen MR) is 87.6 cm³/mol. The predicted octanol–water partition coefficient (Wildman–Crippen LogP) is 2.88. The van der Waals surface area contributed by atoms with Crippen LogP contribution in [0.5, 0.6) is 0 Å². The highest BCUT2D eigenvalue weighted by Crippen LogP contribution is 2.28. The lowest BCUT2D eigenvalue weighted by atomic mass is 9.95. The van der Waals surface area contributed by atoms with Crippen molar-refractivity contribution in [1.29, 1.82) is 0 Å². The van der Waals surface area contributed by atoms with E-state index in [0.29, 0.717) is 10.9 Å². The summed E-state index contributed by atoms with van der Waals surface area (Å²) in [7, 11) is 0. The Morgan fingerprint density at radius 2 is 2.18 bits per heavy atom. The van der Waals surface area contributed by atoms with Crippen molar-refractivity contribution in [2.24, 2.45) is 0 Å². The topological polar surface area (TPSA) is 79.3 Å². The molecule has 2 rings (SSSR count). The van der Waals surface area contributed by atoms with Gasteiger partial charge in [0.05, 0.1) is 11.3 Å². The lowest BCUT2D eigenvalue weighted by Gasteiger charge is -2.29. The number of thioether (sulfide) groups is 1. The molecule has 1 saturated carbocycles. The van der Waals surface area contributed by atoms with Gasteiger partial charge in [0.25, 0.3) is 5.91 Å².